The summed E-state index contributed by atoms with van der Waals surface area (Å²) in [4.78, 5) is 51.0. The minimum absolute atomic E-state index is 0.0648. The van der Waals surface area contributed by atoms with Gasteiger partial charge in [-0.15, -0.1) is 0 Å². The standard InChI is InChI=1S/C23H22BrN3O5/c1-14-6-11-17-19(12-14)23(30)26(22(17)29)25(13-15-7-9-16(24)10-8-15)21(28)18-4-2-3-5-20(18)27(31)32/h2-5,7-10,14,17,19H,6,11-13H2,1H3/t14-,17-,19-/m1/s1. The normalized spacial score (nSPS) is 22.6. The Bertz CT molecular complexity index is 1090. The van der Waals surface area contributed by atoms with Crippen LogP contribution in [0.3, 0.4) is 0 Å². The fourth-order valence-corrected chi connectivity index (χ4v) is 4.82. The molecular formula is C23H22BrN3O5. The van der Waals surface area contributed by atoms with Gasteiger partial charge in [-0.25, -0.2) is 5.01 Å². The molecule has 3 atom stereocenters. The van der Waals surface area contributed by atoms with Crippen LogP contribution in [0.25, 0.3) is 0 Å². The molecule has 2 aromatic carbocycles. The quantitative estimate of drug-likeness (QED) is 0.346. The van der Waals surface area contributed by atoms with Gasteiger partial charge in [0.25, 0.3) is 23.4 Å². The number of hydrazine groups is 1. The van der Waals surface area contributed by atoms with Crippen LogP contribution < -0.4 is 0 Å². The number of hydrogen-bond donors (Lipinski definition) is 0. The summed E-state index contributed by atoms with van der Waals surface area (Å²) in [6, 6.07) is 12.7. The lowest BCUT2D eigenvalue weighted by Crippen LogP contribution is -2.50. The molecule has 166 valence electrons. The molecule has 0 radical (unpaired) electrons. The van der Waals surface area contributed by atoms with Gasteiger partial charge in [-0.2, -0.15) is 5.01 Å². The molecule has 0 bridgehead atoms. The van der Waals surface area contributed by atoms with Crippen molar-refractivity contribution in [3.63, 3.8) is 0 Å². The summed E-state index contributed by atoms with van der Waals surface area (Å²) in [5, 5.41) is 13.5. The summed E-state index contributed by atoms with van der Waals surface area (Å²) in [6.45, 7) is 1.99. The van der Waals surface area contributed by atoms with Crippen molar-refractivity contribution in [2.45, 2.75) is 32.7 Å². The molecule has 1 aliphatic heterocycles. The first-order valence-corrected chi connectivity index (χ1v) is 11.2. The molecule has 32 heavy (non-hydrogen) atoms. The lowest BCUT2D eigenvalue weighted by Gasteiger charge is -2.30. The van der Waals surface area contributed by atoms with E-state index in [4.69, 9.17) is 0 Å². The van der Waals surface area contributed by atoms with Gasteiger partial charge in [0, 0.05) is 10.5 Å². The van der Waals surface area contributed by atoms with Crippen LogP contribution in [0.4, 0.5) is 5.69 Å². The smallest absolute Gasteiger partial charge is 0.272 e. The molecule has 9 heteroatoms. The van der Waals surface area contributed by atoms with E-state index < -0.39 is 34.5 Å². The monoisotopic (exact) mass is 499 g/mol. The number of para-hydroxylation sites is 1. The number of halogens is 1. The number of nitrogens with zero attached hydrogens (tertiary/aromatic N) is 3. The second kappa shape index (κ2) is 8.82. The van der Waals surface area contributed by atoms with E-state index in [9.17, 15) is 24.5 Å². The maximum Gasteiger partial charge on any atom is 0.282 e. The van der Waals surface area contributed by atoms with Crippen LogP contribution in [0.5, 0.6) is 0 Å². The lowest BCUT2D eigenvalue weighted by molar-refractivity contribution is -0.385. The van der Waals surface area contributed by atoms with Crippen molar-refractivity contribution in [3.05, 3.63) is 74.2 Å². The summed E-state index contributed by atoms with van der Waals surface area (Å²) < 4.78 is 0.839. The van der Waals surface area contributed by atoms with E-state index in [1.54, 1.807) is 24.3 Å². The zero-order valence-electron chi connectivity index (χ0n) is 17.4. The summed E-state index contributed by atoms with van der Waals surface area (Å²) in [5.74, 6) is -2.17. The molecule has 2 fully saturated rings. The summed E-state index contributed by atoms with van der Waals surface area (Å²) in [7, 11) is 0. The number of benzene rings is 2. The highest BCUT2D eigenvalue weighted by Crippen LogP contribution is 2.41. The fraction of sp³-hybridized carbons (Fsp3) is 0.348. The topological polar surface area (TPSA) is 101 Å². The molecule has 1 aliphatic carbocycles. The number of nitro groups is 1. The van der Waals surface area contributed by atoms with Gasteiger partial charge in [-0.1, -0.05) is 47.1 Å². The second-order valence-corrected chi connectivity index (χ2v) is 9.30. The maximum atomic E-state index is 13.6. The first-order chi connectivity index (χ1) is 15.3. The Kier molecular flexibility index (Phi) is 6.10. The van der Waals surface area contributed by atoms with Crippen molar-refractivity contribution in [3.8, 4) is 0 Å². The highest BCUT2D eigenvalue weighted by atomic mass is 79.9. The Morgan fingerprint density at radius 2 is 1.75 bits per heavy atom. The van der Waals surface area contributed by atoms with Gasteiger partial charge in [0.1, 0.15) is 5.56 Å². The maximum absolute atomic E-state index is 13.6. The van der Waals surface area contributed by atoms with Crippen molar-refractivity contribution < 1.29 is 19.3 Å². The molecule has 4 rings (SSSR count). The van der Waals surface area contributed by atoms with E-state index >= 15 is 0 Å². The van der Waals surface area contributed by atoms with Crippen LogP contribution in [0.2, 0.25) is 0 Å². The van der Waals surface area contributed by atoms with Gasteiger partial charge in [0.15, 0.2) is 0 Å². The van der Waals surface area contributed by atoms with Crippen molar-refractivity contribution in [1.29, 1.82) is 0 Å². The lowest BCUT2D eigenvalue weighted by atomic mass is 9.76. The van der Waals surface area contributed by atoms with Crippen molar-refractivity contribution in [2.75, 3.05) is 0 Å². The van der Waals surface area contributed by atoms with Crippen LogP contribution in [0, 0.1) is 27.9 Å². The van der Waals surface area contributed by atoms with Crippen LogP contribution >= 0.6 is 15.9 Å². The van der Waals surface area contributed by atoms with E-state index in [1.165, 1.54) is 24.3 Å². The number of carbonyl (C=O) groups is 3. The largest absolute Gasteiger partial charge is 0.282 e. The number of fused-ring (bicyclic) bond motifs is 1. The third-order valence-electron chi connectivity index (χ3n) is 6.22. The van der Waals surface area contributed by atoms with Gasteiger partial charge in [0.2, 0.25) is 0 Å². The van der Waals surface area contributed by atoms with E-state index in [0.717, 1.165) is 20.9 Å². The molecule has 0 spiro atoms. The number of rotatable bonds is 5. The summed E-state index contributed by atoms with van der Waals surface area (Å²) >= 11 is 3.36. The highest BCUT2D eigenvalue weighted by Gasteiger charge is 2.52. The van der Waals surface area contributed by atoms with E-state index in [0.29, 0.717) is 24.3 Å². The van der Waals surface area contributed by atoms with Crippen molar-refractivity contribution in [2.24, 2.45) is 17.8 Å². The van der Waals surface area contributed by atoms with Crippen LogP contribution in [0.1, 0.15) is 42.1 Å². The molecule has 1 saturated carbocycles. The van der Waals surface area contributed by atoms with E-state index in [2.05, 4.69) is 22.9 Å². The molecule has 1 saturated heterocycles. The Morgan fingerprint density at radius 3 is 2.44 bits per heavy atom. The van der Waals surface area contributed by atoms with E-state index in [1.807, 2.05) is 0 Å². The van der Waals surface area contributed by atoms with Crippen molar-refractivity contribution >= 4 is 39.3 Å². The van der Waals surface area contributed by atoms with Crippen LogP contribution in [-0.2, 0) is 16.1 Å². The molecule has 2 aromatic rings. The second-order valence-electron chi connectivity index (χ2n) is 8.38. The predicted molar refractivity (Wildman–Crippen MR) is 119 cm³/mol. The van der Waals surface area contributed by atoms with Crippen LogP contribution in [-0.4, -0.2) is 32.7 Å². The Morgan fingerprint density at radius 1 is 1.09 bits per heavy atom. The predicted octanol–water partition coefficient (Wildman–Crippen LogP) is 4.34. The summed E-state index contributed by atoms with van der Waals surface area (Å²) in [6.07, 6.45) is 2.04. The Labute approximate surface area is 193 Å². The summed E-state index contributed by atoms with van der Waals surface area (Å²) in [5.41, 5.74) is 0.144. The van der Waals surface area contributed by atoms with Gasteiger partial charge in [0.05, 0.1) is 23.3 Å². The van der Waals surface area contributed by atoms with Crippen molar-refractivity contribution in [1.82, 2.24) is 10.0 Å². The van der Waals surface area contributed by atoms with Crippen LogP contribution in [0.15, 0.2) is 53.0 Å². The average Bonchev–Trinajstić information content (AvgIpc) is 3.02. The number of imide groups is 1. The third-order valence-corrected chi connectivity index (χ3v) is 6.75. The molecule has 2 aliphatic rings. The Balaban J connectivity index is 1.75. The number of hydrogen-bond acceptors (Lipinski definition) is 5. The minimum Gasteiger partial charge on any atom is -0.272 e. The van der Waals surface area contributed by atoms with Gasteiger partial charge >= 0.3 is 0 Å². The molecule has 8 nitrogen and oxygen atoms in total. The molecule has 0 aromatic heterocycles. The minimum atomic E-state index is -0.756. The molecule has 1 heterocycles. The fourth-order valence-electron chi connectivity index (χ4n) is 4.56. The number of amides is 3. The zero-order valence-corrected chi connectivity index (χ0v) is 19.0. The highest BCUT2D eigenvalue weighted by molar-refractivity contribution is 9.10. The first kappa shape index (κ1) is 22.1. The van der Waals surface area contributed by atoms with Gasteiger partial charge < -0.3 is 0 Å². The molecule has 0 unspecified atom stereocenters. The molecule has 3 amide bonds. The molecular weight excluding hydrogens is 478 g/mol. The average molecular weight is 500 g/mol. The Hall–Kier alpha value is -3.07. The SMILES string of the molecule is C[C@@H]1CC[C@H]2C(=O)N(N(Cc3ccc(Br)cc3)C(=O)c3ccccc3[N+](=O)[O-])C(=O)[C@@H]2C1. The zero-order chi connectivity index (χ0) is 23.0. The van der Waals surface area contributed by atoms with Gasteiger partial charge in [-0.05, 0) is 48.9 Å². The third kappa shape index (κ3) is 4.04. The molecule has 0 N–H and O–H groups in total. The number of carbonyl (C=O) groups excluding carboxylic acids is 3. The number of nitro benzene ring substituents is 1. The van der Waals surface area contributed by atoms with Gasteiger partial charge in [-0.3, -0.25) is 24.5 Å². The van der Waals surface area contributed by atoms with E-state index in [-0.39, 0.29) is 17.8 Å². The first-order valence-electron chi connectivity index (χ1n) is 10.5.